The van der Waals surface area contributed by atoms with Crippen molar-refractivity contribution in [3.05, 3.63) is 0 Å². The van der Waals surface area contributed by atoms with Crippen LogP contribution in [0.5, 0.6) is 0 Å². The molecule has 0 radical (unpaired) electrons. The van der Waals surface area contributed by atoms with Gasteiger partial charge in [-0.15, -0.1) is 0 Å². The minimum atomic E-state index is 0.818. The van der Waals surface area contributed by atoms with Crippen LogP contribution in [0.4, 0.5) is 0 Å². The Kier molecular flexibility index (Phi) is 3.81. The van der Waals surface area contributed by atoms with Gasteiger partial charge in [0.2, 0.25) is 0 Å². The van der Waals surface area contributed by atoms with Gasteiger partial charge in [0.25, 0.3) is 0 Å². The molecule has 0 aliphatic heterocycles. The fraction of sp³-hybridized carbons (Fsp3) is 1.00. The molecule has 0 bridgehead atoms. The van der Waals surface area contributed by atoms with E-state index in [0.29, 0.717) is 0 Å². The lowest BCUT2D eigenvalue weighted by molar-refractivity contribution is 0.159. The van der Waals surface area contributed by atoms with E-state index in [2.05, 4.69) is 23.3 Å². The van der Waals surface area contributed by atoms with Crippen LogP contribution >= 0.6 is 9.47 Å². The molecule has 66 valence electrons. The van der Waals surface area contributed by atoms with Crippen molar-refractivity contribution in [3.8, 4) is 0 Å². The Hall–Kier alpha value is 0.390. The minimum absolute atomic E-state index is 0.818. The van der Waals surface area contributed by atoms with Crippen LogP contribution in [-0.4, -0.2) is 6.61 Å². The second-order valence-corrected chi connectivity index (χ2v) is 4.30. The van der Waals surface area contributed by atoms with Crippen LogP contribution < -0.4 is 0 Å². The van der Waals surface area contributed by atoms with E-state index in [1.807, 2.05) is 0 Å². The van der Waals surface area contributed by atoms with Crippen LogP contribution in [0.25, 0.3) is 0 Å². The van der Waals surface area contributed by atoms with Gasteiger partial charge in [-0.25, -0.2) is 0 Å². The molecule has 0 spiro atoms. The highest BCUT2D eigenvalue weighted by atomic mass is 31.0. The molecule has 0 heterocycles. The first-order valence-electron chi connectivity index (χ1n) is 4.55. The molecule has 1 fully saturated rings. The summed E-state index contributed by atoms with van der Waals surface area (Å²) >= 11 is 0. The van der Waals surface area contributed by atoms with Crippen molar-refractivity contribution in [2.75, 3.05) is 6.61 Å². The minimum Gasteiger partial charge on any atom is -0.365 e. The molecule has 11 heavy (non-hydrogen) atoms. The van der Waals surface area contributed by atoms with Gasteiger partial charge in [0, 0.05) is 9.47 Å². The fourth-order valence-corrected chi connectivity index (χ4v) is 2.22. The third-order valence-corrected chi connectivity index (χ3v) is 3.23. The van der Waals surface area contributed by atoms with Gasteiger partial charge in [-0.2, -0.15) is 0 Å². The summed E-state index contributed by atoms with van der Waals surface area (Å²) < 4.78 is 5.08. The summed E-state index contributed by atoms with van der Waals surface area (Å²) in [4.78, 5) is 0. The largest absolute Gasteiger partial charge is 0.365 e. The van der Waals surface area contributed by atoms with Crippen LogP contribution in [-0.2, 0) is 4.52 Å². The van der Waals surface area contributed by atoms with Crippen LogP contribution in [0.15, 0.2) is 0 Å². The van der Waals surface area contributed by atoms with E-state index in [9.17, 15) is 0 Å². The van der Waals surface area contributed by atoms with Crippen molar-refractivity contribution in [1.82, 2.24) is 0 Å². The molecular formula is C9H19OP. The quantitative estimate of drug-likeness (QED) is 0.585. The van der Waals surface area contributed by atoms with Gasteiger partial charge in [0.1, 0.15) is 0 Å². The third-order valence-electron chi connectivity index (χ3n) is 3.04. The van der Waals surface area contributed by atoms with E-state index in [0.717, 1.165) is 24.4 Å². The predicted molar refractivity (Wildman–Crippen MR) is 51.3 cm³/mol. The lowest BCUT2D eigenvalue weighted by Crippen LogP contribution is -2.22. The fourth-order valence-electron chi connectivity index (χ4n) is 1.95. The molecule has 2 heteroatoms. The molecule has 0 saturated heterocycles. The molecule has 1 rings (SSSR count). The summed E-state index contributed by atoms with van der Waals surface area (Å²) in [6.45, 7) is 5.66. The van der Waals surface area contributed by atoms with Gasteiger partial charge in [-0.05, 0) is 30.6 Å². The second-order valence-electron chi connectivity index (χ2n) is 3.97. The zero-order chi connectivity index (χ0) is 8.27. The van der Waals surface area contributed by atoms with Crippen LogP contribution in [0, 0.1) is 17.8 Å². The number of rotatable bonds is 2. The van der Waals surface area contributed by atoms with E-state index in [1.165, 1.54) is 19.3 Å². The lowest BCUT2D eigenvalue weighted by Gasteiger charge is -2.31. The predicted octanol–water partition coefficient (Wildman–Crippen LogP) is 2.87. The maximum atomic E-state index is 5.08. The summed E-state index contributed by atoms with van der Waals surface area (Å²) in [7, 11) is 2.35. The topological polar surface area (TPSA) is 9.23 Å². The molecule has 0 amide bonds. The van der Waals surface area contributed by atoms with Crippen molar-refractivity contribution < 1.29 is 4.52 Å². The Morgan fingerprint density at radius 2 is 2.00 bits per heavy atom. The van der Waals surface area contributed by atoms with Gasteiger partial charge in [0.15, 0.2) is 0 Å². The van der Waals surface area contributed by atoms with Crippen molar-refractivity contribution in [1.29, 1.82) is 0 Å². The van der Waals surface area contributed by atoms with Gasteiger partial charge in [0.05, 0.1) is 6.61 Å². The van der Waals surface area contributed by atoms with Crippen molar-refractivity contribution >= 4 is 9.47 Å². The van der Waals surface area contributed by atoms with Crippen LogP contribution in [0.1, 0.15) is 33.1 Å². The Balaban J connectivity index is 2.28. The highest BCUT2D eigenvalue weighted by molar-refractivity contribution is 7.09. The summed E-state index contributed by atoms with van der Waals surface area (Å²) in [5.74, 6) is 2.64. The van der Waals surface area contributed by atoms with E-state index in [4.69, 9.17) is 4.52 Å². The number of hydrogen-bond acceptors (Lipinski definition) is 1. The van der Waals surface area contributed by atoms with Crippen molar-refractivity contribution in [2.24, 2.45) is 17.8 Å². The SMILES string of the molecule is CC1CCC(COP)CC1C. The highest BCUT2D eigenvalue weighted by Gasteiger charge is 2.23. The lowest BCUT2D eigenvalue weighted by atomic mass is 9.76. The molecule has 1 aliphatic rings. The zero-order valence-corrected chi connectivity index (χ0v) is 8.70. The highest BCUT2D eigenvalue weighted by Crippen LogP contribution is 2.33. The second kappa shape index (κ2) is 4.42. The van der Waals surface area contributed by atoms with Gasteiger partial charge >= 0.3 is 0 Å². The summed E-state index contributed by atoms with van der Waals surface area (Å²) in [6, 6.07) is 0. The summed E-state index contributed by atoms with van der Waals surface area (Å²) in [5, 5.41) is 0. The Bertz CT molecular complexity index is 116. The first-order valence-corrected chi connectivity index (χ1v) is 5.03. The molecule has 1 aliphatic carbocycles. The molecule has 1 nitrogen and oxygen atoms in total. The molecule has 4 unspecified atom stereocenters. The van der Waals surface area contributed by atoms with Crippen molar-refractivity contribution in [3.63, 3.8) is 0 Å². The molecule has 4 atom stereocenters. The molecule has 0 aromatic heterocycles. The Morgan fingerprint density at radius 3 is 2.55 bits per heavy atom. The Morgan fingerprint density at radius 1 is 1.27 bits per heavy atom. The molecule has 1 saturated carbocycles. The average Bonchev–Trinajstić information content (AvgIpc) is 1.98. The zero-order valence-electron chi connectivity index (χ0n) is 7.55. The van der Waals surface area contributed by atoms with Crippen molar-refractivity contribution in [2.45, 2.75) is 33.1 Å². The summed E-state index contributed by atoms with van der Waals surface area (Å²) in [6.07, 6.45) is 4.11. The Labute approximate surface area is 72.2 Å². The van der Waals surface area contributed by atoms with Gasteiger partial charge in [-0.1, -0.05) is 20.3 Å². The monoisotopic (exact) mass is 174 g/mol. The average molecular weight is 174 g/mol. The van der Waals surface area contributed by atoms with Gasteiger partial charge in [-0.3, -0.25) is 0 Å². The van der Waals surface area contributed by atoms with Crippen LogP contribution in [0.3, 0.4) is 0 Å². The number of hydrogen-bond donors (Lipinski definition) is 0. The molecule has 0 aromatic rings. The first kappa shape index (κ1) is 9.48. The molecule has 0 N–H and O–H groups in total. The summed E-state index contributed by atoms with van der Waals surface area (Å²) in [5.41, 5.74) is 0. The first-order chi connectivity index (χ1) is 5.24. The van der Waals surface area contributed by atoms with E-state index in [1.54, 1.807) is 0 Å². The normalized spacial score (nSPS) is 39.0. The van der Waals surface area contributed by atoms with E-state index < -0.39 is 0 Å². The van der Waals surface area contributed by atoms with Gasteiger partial charge < -0.3 is 4.52 Å². The maximum absolute atomic E-state index is 5.08. The standard InChI is InChI=1S/C9H19OP/c1-7-3-4-9(6-10-11)5-8(7)2/h7-9H,3-6,11H2,1-2H3. The van der Waals surface area contributed by atoms with E-state index >= 15 is 0 Å². The maximum Gasteiger partial charge on any atom is 0.0530 e. The molecule has 0 aromatic carbocycles. The smallest absolute Gasteiger partial charge is 0.0530 e. The van der Waals surface area contributed by atoms with E-state index in [-0.39, 0.29) is 0 Å². The third kappa shape index (κ3) is 2.72. The van der Waals surface area contributed by atoms with Crippen LogP contribution in [0.2, 0.25) is 0 Å². The molecular weight excluding hydrogens is 155 g/mol.